The molecule has 1 heterocycles. The van der Waals surface area contributed by atoms with Crippen molar-refractivity contribution in [3.63, 3.8) is 0 Å². The number of benzene rings is 2. The molecule has 0 spiro atoms. The zero-order valence-electron chi connectivity index (χ0n) is 10.9. The summed E-state index contributed by atoms with van der Waals surface area (Å²) in [6.45, 7) is 0. The first-order valence-electron chi connectivity index (χ1n) is 6.12. The molecule has 0 atom stereocenters. The van der Waals surface area contributed by atoms with Crippen LogP contribution in [0.3, 0.4) is 0 Å². The number of aryl methyl sites for hydroxylation is 1. The average molecular weight is 267 g/mol. The van der Waals surface area contributed by atoms with Gasteiger partial charge in [-0.1, -0.05) is 12.1 Å². The van der Waals surface area contributed by atoms with Gasteiger partial charge in [0.25, 0.3) is 0 Å². The van der Waals surface area contributed by atoms with Crippen LogP contribution in [0.4, 0.5) is 5.95 Å². The van der Waals surface area contributed by atoms with E-state index in [1.54, 1.807) is 12.3 Å². The number of aliphatic imine (C=N–C) groups is 1. The second kappa shape index (κ2) is 4.70. The van der Waals surface area contributed by atoms with Crippen molar-refractivity contribution in [1.82, 2.24) is 9.55 Å². The lowest BCUT2D eigenvalue weighted by molar-refractivity contribution is 0.403. The van der Waals surface area contributed by atoms with Gasteiger partial charge in [-0.2, -0.15) is 0 Å². The summed E-state index contributed by atoms with van der Waals surface area (Å²) in [6, 6.07) is 12.3. The van der Waals surface area contributed by atoms with Crippen molar-refractivity contribution in [3.8, 4) is 11.5 Å². The van der Waals surface area contributed by atoms with Crippen molar-refractivity contribution in [3.05, 3.63) is 48.0 Å². The van der Waals surface area contributed by atoms with Crippen LogP contribution in [-0.2, 0) is 7.05 Å². The molecule has 0 bridgehead atoms. The van der Waals surface area contributed by atoms with E-state index in [4.69, 9.17) is 0 Å². The van der Waals surface area contributed by atoms with Gasteiger partial charge in [0.15, 0.2) is 11.5 Å². The Morgan fingerprint density at radius 1 is 1.10 bits per heavy atom. The summed E-state index contributed by atoms with van der Waals surface area (Å²) in [5.74, 6) is 0.266. The summed E-state index contributed by atoms with van der Waals surface area (Å²) in [7, 11) is 1.90. The van der Waals surface area contributed by atoms with E-state index in [-0.39, 0.29) is 11.5 Å². The van der Waals surface area contributed by atoms with Crippen LogP contribution in [0.1, 0.15) is 5.56 Å². The van der Waals surface area contributed by atoms with Crippen LogP contribution in [0.5, 0.6) is 11.5 Å². The molecule has 0 unspecified atom stereocenters. The highest BCUT2D eigenvalue weighted by atomic mass is 16.3. The molecule has 0 fully saturated rings. The minimum Gasteiger partial charge on any atom is -0.504 e. The number of para-hydroxylation sites is 2. The molecule has 0 aliphatic rings. The molecule has 0 radical (unpaired) electrons. The molecule has 0 amide bonds. The smallest absolute Gasteiger partial charge is 0.230 e. The molecule has 0 saturated carbocycles. The second-order valence-corrected chi connectivity index (χ2v) is 4.47. The molecule has 2 N–H and O–H groups in total. The Labute approximate surface area is 115 Å². The molecule has 0 saturated heterocycles. The van der Waals surface area contributed by atoms with E-state index in [9.17, 15) is 10.2 Å². The molecule has 5 heteroatoms. The topological polar surface area (TPSA) is 70.6 Å². The largest absolute Gasteiger partial charge is 0.504 e. The SMILES string of the molecule is Cn1c(/N=C/c2ccc(O)c(O)c2)nc2ccccc21. The first-order chi connectivity index (χ1) is 9.65. The molecule has 0 aliphatic carbocycles. The third-order valence-corrected chi connectivity index (χ3v) is 3.09. The van der Waals surface area contributed by atoms with Crippen molar-refractivity contribution in [2.45, 2.75) is 0 Å². The van der Waals surface area contributed by atoms with E-state index in [0.29, 0.717) is 11.5 Å². The maximum atomic E-state index is 9.43. The summed E-state index contributed by atoms with van der Waals surface area (Å²) >= 11 is 0. The summed E-state index contributed by atoms with van der Waals surface area (Å²) in [5, 5.41) is 18.7. The maximum Gasteiger partial charge on any atom is 0.230 e. The van der Waals surface area contributed by atoms with Crippen molar-refractivity contribution in [2.75, 3.05) is 0 Å². The predicted octanol–water partition coefficient (Wildman–Crippen LogP) is 2.74. The molecule has 5 nitrogen and oxygen atoms in total. The number of imidazole rings is 1. The Balaban J connectivity index is 1.98. The fourth-order valence-corrected chi connectivity index (χ4v) is 2.00. The lowest BCUT2D eigenvalue weighted by Gasteiger charge is -1.98. The normalized spacial score (nSPS) is 11.4. The Morgan fingerprint density at radius 2 is 1.90 bits per heavy atom. The quantitative estimate of drug-likeness (QED) is 0.554. The number of rotatable bonds is 2. The minimum absolute atomic E-state index is 0.148. The zero-order valence-corrected chi connectivity index (χ0v) is 10.9. The molecule has 0 aliphatic heterocycles. The van der Waals surface area contributed by atoms with E-state index < -0.39 is 0 Å². The Bertz CT molecular complexity index is 806. The van der Waals surface area contributed by atoms with Crippen LogP contribution in [0.2, 0.25) is 0 Å². The van der Waals surface area contributed by atoms with Crippen LogP contribution in [0.25, 0.3) is 11.0 Å². The van der Waals surface area contributed by atoms with Gasteiger partial charge < -0.3 is 14.8 Å². The number of phenolic OH excluding ortho intramolecular Hbond substituents is 2. The molecule has 20 heavy (non-hydrogen) atoms. The molecular weight excluding hydrogens is 254 g/mol. The van der Waals surface area contributed by atoms with Crippen LogP contribution < -0.4 is 0 Å². The van der Waals surface area contributed by atoms with E-state index in [2.05, 4.69) is 9.98 Å². The summed E-state index contributed by atoms with van der Waals surface area (Å²) < 4.78 is 1.89. The van der Waals surface area contributed by atoms with Crippen LogP contribution >= 0.6 is 0 Å². The van der Waals surface area contributed by atoms with Gasteiger partial charge in [0.05, 0.1) is 11.0 Å². The van der Waals surface area contributed by atoms with Gasteiger partial charge in [-0.05, 0) is 35.9 Å². The monoisotopic (exact) mass is 267 g/mol. The Morgan fingerprint density at radius 3 is 2.65 bits per heavy atom. The van der Waals surface area contributed by atoms with E-state index in [1.807, 2.05) is 35.9 Å². The molecule has 100 valence electrons. The number of aromatic hydroxyl groups is 2. The second-order valence-electron chi connectivity index (χ2n) is 4.47. The molecule has 3 aromatic rings. The summed E-state index contributed by atoms with van der Waals surface area (Å²) in [5.41, 5.74) is 2.58. The fraction of sp³-hybridized carbons (Fsp3) is 0.0667. The highest BCUT2D eigenvalue weighted by Crippen LogP contribution is 2.25. The van der Waals surface area contributed by atoms with Gasteiger partial charge in [0.1, 0.15) is 0 Å². The maximum absolute atomic E-state index is 9.43. The Hall–Kier alpha value is -2.82. The van der Waals surface area contributed by atoms with Crippen LogP contribution in [0, 0.1) is 0 Å². The first-order valence-corrected chi connectivity index (χ1v) is 6.12. The zero-order chi connectivity index (χ0) is 14.1. The fourth-order valence-electron chi connectivity index (χ4n) is 2.00. The number of aromatic nitrogens is 2. The third kappa shape index (κ3) is 2.09. The van der Waals surface area contributed by atoms with E-state index in [1.165, 1.54) is 12.1 Å². The van der Waals surface area contributed by atoms with Crippen LogP contribution in [0.15, 0.2) is 47.5 Å². The van der Waals surface area contributed by atoms with Gasteiger partial charge in [0.2, 0.25) is 5.95 Å². The van der Waals surface area contributed by atoms with E-state index >= 15 is 0 Å². The summed E-state index contributed by atoms with van der Waals surface area (Å²) in [4.78, 5) is 8.74. The van der Waals surface area contributed by atoms with Crippen molar-refractivity contribution in [1.29, 1.82) is 0 Å². The van der Waals surface area contributed by atoms with Gasteiger partial charge in [0, 0.05) is 13.3 Å². The number of phenols is 2. The summed E-state index contributed by atoms with van der Waals surface area (Å²) in [6.07, 6.45) is 1.60. The number of hydrogen-bond acceptors (Lipinski definition) is 4. The molecular formula is C15H13N3O2. The third-order valence-electron chi connectivity index (χ3n) is 3.09. The number of fused-ring (bicyclic) bond motifs is 1. The predicted molar refractivity (Wildman–Crippen MR) is 77.7 cm³/mol. The molecule has 2 aromatic carbocycles. The van der Waals surface area contributed by atoms with Gasteiger partial charge in [-0.3, -0.25) is 0 Å². The van der Waals surface area contributed by atoms with Gasteiger partial charge >= 0.3 is 0 Å². The minimum atomic E-state index is -0.168. The molecule has 1 aromatic heterocycles. The van der Waals surface area contributed by atoms with E-state index in [0.717, 1.165) is 11.0 Å². The lowest BCUT2D eigenvalue weighted by Crippen LogP contribution is -1.87. The first kappa shape index (κ1) is 12.2. The van der Waals surface area contributed by atoms with Crippen molar-refractivity contribution < 1.29 is 10.2 Å². The Kier molecular flexibility index (Phi) is 2.87. The van der Waals surface area contributed by atoms with Crippen LogP contribution in [-0.4, -0.2) is 26.0 Å². The number of nitrogens with zero attached hydrogens (tertiary/aromatic N) is 3. The standard InChI is InChI=1S/C15H13N3O2/c1-18-12-5-3-2-4-11(12)17-15(18)16-9-10-6-7-13(19)14(20)8-10/h2-9,19-20H,1H3/b16-9+. The van der Waals surface area contributed by atoms with Gasteiger partial charge in [-0.25, -0.2) is 9.98 Å². The number of hydrogen-bond donors (Lipinski definition) is 2. The average Bonchev–Trinajstić information content (AvgIpc) is 2.77. The van der Waals surface area contributed by atoms with Crippen molar-refractivity contribution in [2.24, 2.45) is 12.0 Å². The lowest BCUT2D eigenvalue weighted by atomic mass is 10.2. The highest BCUT2D eigenvalue weighted by Gasteiger charge is 2.05. The highest BCUT2D eigenvalue weighted by molar-refractivity contribution is 5.84. The van der Waals surface area contributed by atoms with Gasteiger partial charge in [-0.15, -0.1) is 0 Å². The molecule has 3 rings (SSSR count). The van der Waals surface area contributed by atoms with Crippen molar-refractivity contribution >= 4 is 23.2 Å².